The predicted molar refractivity (Wildman–Crippen MR) is 63.2 cm³/mol. The average Bonchev–Trinajstić information content (AvgIpc) is 2.30. The molecule has 1 aromatic carbocycles. The first-order valence-corrected chi connectivity index (χ1v) is 5.39. The van der Waals surface area contributed by atoms with Gasteiger partial charge in [0.2, 0.25) is 0 Å². The van der Waals surface area contributed by atoms with E-state index in [1.165, 1.54) is 0 Å². The van der Waals surface area contributed by atoms with E-state index >= 15 is 0 Å². The Bertz CT molecular complexity index is 427. The minimum Gasteiger partial charge on any atom is -0.478 e. The van der Waals surface area contributed by atoms with Crippen molar-refractivity contribution >= 4 is 17.5 Å². The van der Waals surface area contributed by atoms with Crippen molar-refractivity contribution in [2.24, 2.45) is 4.99 Å². The van der Waals surface area contributed by atoms with Crippen LogP contribution in [-0.4, -0.2) is 23.5 Å². The molecule has 16 heavy (non-hydrogen) atoms. The highest BCUT2D eigenvalue weighted by Gasteiger charge is 2.07. The summed E-state index contributed by atoms with van der Waals surface area (Å²) < 4.78 is 0. The number of nitrogens with zero attached hydrogens (tertiary/aromatic N) is 1. The molecule has 0 saturated heterocycles. The van der Waals surface area contributed by atoms with E-state index < -0.39 is 5.97 Å². The topological polar surface area (TPSA) is 61.7 Å². The number of hydrogen-bond acceptors (Lipinski definition) is 3. The first-order valence-electron chi connectivity index (χ1n) is 5.39. The van der Waals surface area contributed by atoms with Crippen molar-refractivity contribution in [1.82, 2.24) is 0 Å². The normalized spacial score (nSPS) is 15.4. The SMILES string of the molecule is O=C(O)c1cccc(NC2=NCCCC2)c1. The van der Waals surface area contributed by atoms with Gasteiger partial charge in [-0.2, -0.15) is 0 Å². The van der Waals surface area contributed by atoms with Crippen LogP contribution in [0.25, 0.3) is 0 Å². The van der Waals surface area contributed by atoms with Crippen LogP contribution < -0.4 is 5.32 Å². The average molecular weight is 218 g/mol. The lowest BCUT2D eigenvalue weighted by Gasteiger charge is -2.14. The van der Waals surface area contributed by atoms with E-state index in [0.29, 0.717) is 5.56 Å². The van der Waals surface area contributed by atoms with Crippen LogP contribution in [0.3, 0.4) is 0 Å². The Morgan fingerprint density at radius 2 is 2.25 bits per heavy atom. The van der Waals surface area contributed by atoms with Gasteiger partial charge < -0.3 is 10.4 Å². The van der Waals surface area contributed by atoms with Gasteiger partial charge >= 0.3 is 5.97 Å². The number of carboxylic acid groups (broad SMARTS) is 1. The van der Waals surface area contributed by atoms with Crippen LogP contribution in [0.4, 0.5) is 5.69 Å². The number of benzene rings is 1. The molecule has 1 aliphatic heterocycles. The van der Waals surface area contributed by atoms with E-state index in [2.05, 4.69) is 10.3 Å². The molecule has 1 aliphatic rings. The number of hydrogen-bond donors (Lipinski definition) is 2. The summed E-state index contributed by atoms with van der Waals surface area (Å²) in [4.78, 5) is 15.1. The number of anilines is 1. The van der Waals surface area contributed by atoms with Crippen LogP contribution in [0.2, 0.25) is 0 Å². The zero-order chi connectivity index (χ0) is 11.4. The molecular formula is C12H14N2O2. The molecule has 1 heterocycles. The summed E-state index contributed by atoms with van der Waals surface area (Å²) in [7, 11) is 0. The van der Waals surface area contributed by atoms with Crippen molar-refractivity contribution in [1.29, 1.82) is 0 Å². The number of carboxylic acids is 1. The zero-order valence-electron chi connectivity index (χ0n) is 8.94. The summed E-state index contributed by atoms with van der Waals surface area (Å²) in [5, 5.41) is 12.0. The molecule has 4 heteroatoms. The Kier molecular flexibility index (Phi) is 3.19. The van der Waals surface area contributed by atoms with Gasteiger partial charge in [0.15, 0.2) is 0 Å². The van der Waals surface area contributed by atoms with Crippen LogP contribution in [-0.2, 0) is 0 Å². The molecule has 0 aliphatic carbocycles. The maximum atomic E-state index is 10.8. The number of amidine groups is 1. The van der Waals surface area contributed by atoms with Gasteiger partial charge in [-0.15, -0.1) is 0 Å². The number of aliphatic imine (C=N–C) groups is 1. The van der Waals surface area contributed by atoms with Gasteiger partial charge in [-0.05, 0) is 31.0 Å². The quantitative estimate of drug-likeness (QED) is 0.801. The highest BCUT2D eigenvalue weighted by atomic mass is 16.4. The Balaban J connectivity index is 2.12. The first-order chi connectivity index (χ1) is 7.75. The Labute approximate surface area is 94.0 Å². The Morgan fingerprint density at radius 3 is 2.94 bits per heavy atom. The summed E-state index contributed by atoms with van der Waals surface area (Å²) in [6, 6.07) is 6.79. The zero-order valence-corrected chi connectivity index (χ0v) is 8.94. The smallest absolute Gasteiger partial charge is 0.335 e. The van der Waals surface area contributed by atoms with Crippen LogP contribution >= 0.6 is 0 Å². The van der Waals surface area contributed by atoms with E-state index in [1.54, 1.807) is 18.2 Å². The summed E-state index contributed by atoms with van der Waals surface area (Å²) in [6.07, 6.45) is 3.22. The second kappa shape index (κ2) is 4.79. The molecule has 0 saturated carbocycles. The van der Waals surface area contributed by atoms with Crippen LogP contribution in [0.15, 0.2) is 29.3 Å². The fraction of sp³-hybridized carbons (Fsp3) is 0.333. The monoisotopic (exact) mass is 218 g/mol. The molecule has 0 fully saturated rings. The second-order valence-corrected chi connectivity index (χ2v) is 3.80. The molecule has 2 rings (SSSR count). The Hall–Kier alpha value is -1.84. The molecule has 0 atom stereocenters. The summed E-state index contributed by atoms with van der Waals surface area (Å²) >= 11 is 0. The number of carbonyl (C=O) groups is 1. The van der Waals surface area contributed by atoms with Gasteiger partial charge in [-0.3, -0.25) is 4.99 Å². The van der Waals surface area contributed by atoms with Gasteiger partial charge in [-0.1, -0.05) is 6.07 Å². The standard InChI is InChI=1S/C12H14N2O2/c15-12(16)9-4-3-5-10(8-9)14-11-6-1-2-7-13-11/h3-5,8H,1-2,6-7H2,(H,13,14)(H,15,16). The van der Waals surface area contributed by atoms with E-state index in [1.807, 2.05) is 6.07 Å². The molecule has 0 spiro atoms. The molecule has 0 radical (unpaired) electrons. The minimum absolute atomic E-state index is 0.293. The van der Waals surface area contributed by atoms with Crippen molar-refractivity contribution in [3.63, 3.8) is 0 Å². The lowest BCUT2D eigenvalue weighted by atomic mass is 10.1. The van der Waals surface area contributed by atoms with E-state index in [9.17, 15) is 4.79 Å². The lowest BCUT2D eigenvalue weighted by molar-refractivity contribution is 0.0697. The van der Waals surface area contributed by atoms with Crippen molar-refractivity contribution < 1.29 is 9.90 Å². The fourth-order valence-electron chi connectivity index (χ4n) is 1.70. The molecular weight excluding hydrogens is 204 g/mol. The third kappa shape index (κ3) is 2.59. The molecule has 0 bridgehead atoms. The van der Waals surface area contributed by atoms with Crippen LogP contribution in [0.1, 0.15) is 29.6 Å². The summed E-state index contributed by atoms with van der Waals surface area (Å²) in [5.74, 6) is 0.0445. The number of rotatable bonds is 2. The van der Waals surface area contributed by atoms with Gasteiger partial charge in [0.25, 0.3) is 0 Å². The maximum Gasteiger partial charge on any atom is 0.335 e. The molecule has 4 nitrogen and oxygen atoms in total. The van der Waals surface area contributed by atoms with Gasteiger partial charge in [0.1, 0.15) is 5.84 Å². The second-order valence-electron chi connectivity index (χ2n) is 3.80. The fourth-order valence-corrected chi connectivity index (χ4v) is 1.70. The lowest BCUT2D eigenvalue weighted by Crippen LogP contribution is -2.16. The van der Waals surface area contributed by atoms with Crippen molar-refractivity contribution in [2.75, 3.05) is 11.9 Å². The molecule has 1 aromatic rings. The van der Waals surface area contributed by atoms with Gasteiger partial charge in [-0.25, -0.2) is 4.79 Å². The summed E-state index contributed by atoms with van der Waals surface area (Å²) in [6.45, 7) is 0.862. The third-order valence-electron chi connectivity index (χ3n) is 2.52. The van der Waals surface area contributed by atoms with Gasteiger partial charge in [0.05, 0.1) is 5.56 Å². The largest absolute Gasteiger partial charge is 0.478 e. The number of aromatic carboxylic acids is 1. The van der Waals surface area contributed by atoms with E-state index in [0.717, 1.165) is 37.3 Å². The molecule has 84 valence electrons. The van der Waals surface area contributed by atoms with Crippen molar-refractivity contribution in [3.05, 3.63) is 29.8 Å². The highest BCUT2D eigenvalue weighted by molar-refractivity contribution is 5.97. The minimum atomic E-state index is -0.908. The Morgan fingerprint density at radius 1 is 1.38 bits per heavy atom. The molecule has 0 amide bonds. The first kappa shape index (κ1) is 10.7. The van der Waals surface area contributed by atoms with Crippen molar-refractivity contribution in [3.8, 4) is 0 Å². The predicted octanol–water partition coefficient (Wildman–Crippen LogP) is 2.38. The summed E-state index contributed by atoms with van der Waals surface area (Å²) in [5.41, 5.74) is 1.09. The molecule has 0 unspecified atom stereocenters. The van der Waals surface area contributed by atoms with Gasteiger partial charge in [0, 0.05) is 18.7 Å². The van der Waals surface area contributed by atoms with Crippen LogP contribution in [0, 0.1) is 0 Å². The maximum absolute atomic E-state index is 10.8. The van der Waals surface area contributed by atoms with E-state index in [-0.39, 0.29) is 0 Å². The highest BCUT2D eigenvalue weighted by Crippen LogP contribution is 2.13. The van der Waals surface area contributed by atoms with E-state index in [4.69, 9.17) is 5.11 Å². The number of nitrogens with one attached hydrogen (secondary N) is 1. The van der Waals surface area contributed by atoms with Crippen molar-refractivity contribution in [2.45, 2.75) is 19.3 Å². The molecule has 0 aromatic heterocycles. The van der Waals surface area contributed by atoms with Crippen LogP contribution in [0.5, 0.6) is 0 Å². The molecule has 2 N–H and O–H groups in total. The third-order valence-corrected chi connectivity index (χ3v) is 2.52.